The maximum atomic E-state index is 6.30. The Balaban J connectivity index is 1.67. The number of halogens is 5. The van der Waals surface area contributed by atoms with Crippen LogP contribution in [0.5, 0.6) is 5.75 Å². The number of hydrogen-bond donors (Lipinski definition) is 0. The molecule has 3 rings (SSSR count). The molecule has 0 aliphatic rings. The van der Waals surface area contributed by atoms with Gasteiger partial charge in [-0.25, -0.2) is 9.67 Å². The summed E-state index contributed by atoms with van der Waals surface area (Å²) in [5.74, 6) is 0.328. The molecule has 0 bridgehead atoms. The van der Waals surface area contributed by atoms with E-state index in [-0.39, 0.29) is 13.2 Å². The third kappa shape index (κ3) is 6.14. The van der Waals surface area contributed by atoms with Crippen molar-refractivity contribution in [2.24, 2.45) is 5.16 Å². The molecule has 0 N–H and O–H groups in total. The van der Waals surface area contributed by atoms with Crippen LogP contribution in [0.3, 0.4) is 0 Å². The van der Waals surface area contributed by atoms with Gasteiger partial charge in [0.15, 0.2) is 12.4 Å². The fraction of sp³-hybridized carbons (Fsp3) is 0.167. The van der Waals surface area contributed by atoms with Crippen molar-refractivity contribution in [1.82, 2.24) is 14.8 Å². The number of oxime groups is 1. The first-order valence-corrected chi connectivity index (χ1v) is 10.1. The molecule has 11 heteroatoms. The summed E-state index contributed by atoms with van der Waals surface area (Å²) in [6.07, 6.45) is 2.99. The van der Waals surface area contributed by atoms with Crippen molar-refractivity contribution in [2.45, 2.75) is 6.54 Å². The second-order valence-electron chi connectivity index (χ2n) is 5.64. The van der Waals surface area contributed by atoms with Gasteiger partial charge in [0.05, 0.1) is 21.6 Å². The predicted octanol–water partition coefficient (Wildman–Crippen LogP) is 6.05. The van der Waals surface area contributed by atoms with Crippen molar-refractivity contribution in [3.63, 3.8) is 0 Å². The first-order chi connectivity index (χ1) is 13.9. The molecule has 0 aliphatic carbocycles. The molecule has 0 fully saturated rings. The summed E-state index contributed by atoms with van der Waals surface area (Å²) in [7, 11) is 0. The van der Waals surface area contributed by atoms with E-state index in [1.807, 2.05) is 0 Å². The maximum absolute atomic E-state index is 6.30. The highest BCUT2D eigenvalue weighted by molar-refractivity contribution is 6.40. The molecule has 0 spiro atoms. The molecular formula is C18H13Cl5N4O2. The van der Waals surface area contributed by atoms with Crippen molar-refractivity contribution in [1.29, 1.82) is 0 Å². The summed E-state index contributed by atoms with van der Waals surface area (Å²) in [5, 5.41) is 10.3. The van der Waals surface area contributed by atoms with Crippen LogP contribution < -0.4 is 4.74 Å². The Kier molecular flexibility index (Phi) is 7.86. The van der Waals surface area contributed by atoms with Crippen molar-refractivity contribution < 1.29 is 9.57 Å². The Morgan fingerprint density at radius 3 is 2.31 bits per heavy atom. The molecule has 1 heterocycles. The summed E-state index contributed by atoms with van der Waals surface area (Å²) < 4.78 is 7.16. The molecular weight excluding hydrogens is 481 g/mol. The van der Waals surface area contributed by atoms with Crippen molar-refractivity contribution >= 4 is 63.7 Å². The van der Waals surface area contributed by atoms with Crippen LogP contribution in [0, 0.1) is 0 Å². The van der Waals surface area contributed by atoms with Crippen LogP contribution in [0.25, 0.3) is 0 Å². The van der Waals surface area contributed by atoms with E-state index in [4.69, 9.17) is 67.6 Å². The van der Waals surface area contributed by atoms with Gasteiger partial charge in [-0.2, -0.15) is 5.10 Å². The SMILES string of the molecule is Clc1ccc(C(Cn2cncn2)=NOCCOc2c(Cl)cc(Cl)cc2Cl)c(Cl)c1. The van der Waals surface area contributed by atoms with Gasteiger partial charge in [0, 0.05) is 15.6 Å². The lowest BCUT2D eigenvalue weighted by atomic mass is 10.1. The first kappa shape index (κ1) is 22.0. The maximum Gasteiger partial charge on any atom is 0.156 e. The van der Waals surface area contributed by atoms with E-state index in [2.05, 4.69) is 15.2 Å². The van der Waals surface area contributed by atoms with Crippen LogP contribution in [0.15, 0.2) is 48.1 Å². The molecule has 0 unspecified atom stereocenters. The summed E-state index contributed by atoms with van der Waals surface area (Å²) >= 11 is 30.3. The predicted molar refractivity (Wildman–Crippen MR) is 116 cm³/mol. The third-order valence-corrected chi connectivity index (χ3v) is 4.91. The molecule has 0 saturated carbocycles. The normalized spacial score (nSPS) is 11.6. The lowest BCUT2D eigenvalue weighted by Gasteiger charge is -2.11. The van der Waals surface area contributed by atoms with Gasteiger partial charge in [-0.15, -0.1) is 0 Å². The number of aromatic nitrogens is 3. The zero-order valence-electron chi connectivity index (χ0n) is 14.7. The molecule has 2 aromatic carbocycles. The van der Waals surface area contributed by atoms with Crippen LogP contribution in [-0.4, -0.2) is 33.7 Å². The molecule has 0 atom stereocenters. The van der Waals surface area contributed by atoms with Gasteiger partial charge in [0.25, 0.3) is 0 Å². The van der Waals surface area contributed by atoms with Crippen molar-refractivity contribution in [2.75, 3.05) is 13.2 Å². The van der Waals surface area contributed by atoms with Gasteiger partial charge in [-0.05, 0) is 30.3 Å². The number of nitrogens with zero attached hydrogens (tertiary/aromatic N) is 4. The van der Waals surface area contributed by atoms with Crippen LogP contribution in [-0.2, 0) is 11.4 Å². The number of ether oxygens (including phenoxy) is 1. The molecule has 152 valence electrons. The minimum atomic E-state index is 0.140. The van der Waals surface area contributed by atoms with Crippen molar-refractivity contribution in [3.8, 4) is 5.75 Å². The Bertz CT molecular complexity index is 988. The Labute approximate surface area is 191 Å². The summed E-state index contributed by atoms with van der Waals surface area (Å²) in [6, 6.07) is 8.19. The highest BCUT2D eigenvalue weighted by atomic mass is 35.5. The number of rotatable bonds is 8. The zero-order valence-corrected chi connectivity index (χ0v) is 18.4. The average molecular weight is 495 g/mol. The van der Waals surface area contributed by atoms with E-state index in [1.54, 1.807) is 41.3 Å². The van der Waals surface area contributed by atoms with Crippen LogP contribution in [0.4, 0.5) is 0 Å². The molecule has 1 aromatic heterocycles. The van der Waals surface area contributed by atoms with Crippen LogP contribution >= 0.6 is 58.0 Å². The number of hydrogen-bond acceptors (Lipinski definition) is 5. The second-order valence-corrected chi connectivity index (χ2v) is 7.73. The molecule has 3 aromatic rings. The van der Waals surface area contributed by atoms with Crippen LogP contribution in [0.1, 0.15) is 5.56 Å². The largest absolute Gasteiger partial charge is 0.487 e. The minimum Gasteiger partial charge on any atom is -0.487 e. The van der Waals surface area contributed by atoms with E-state index < -0.39 is 0 Å². The Hall–Kier alpha value is -1.70. The molecule has 0 aliphatic heterocycles. The van der Waals surface area contributed by atoms with Gasteiger partial charge in [-0.3, -0.25) is 0 Å². The van der Waals surface area contributed by atoms with E-state index >= 15 is 0 Å². The van der Waals surface area contributed by atoms with Gasteiger partial charge >= 0.3 is 0 Å². The van der Waals surface area contributed by atoms with E-state index in [0.29, 0.717) is 48.7 Å². The third-order valence-electron chi connectivity index (χ3n) is 3.58. The fourth-order valence-corrected chi connectivity index (χ4v) is 3.77. The monoisotopic (exact) mass is 492 g/mol. The Morgan fingerprint density at radius 2 is 1.66 bits per heavy atom. The van der Waals surface area contributed by atoms with E-state index in [9.17, 15) is 0 Å². The lowest BCUT2D eigenvalue weighted by Crippen LogP contribution is -2.14. The van der Waals surface area contributed by atoms with Crippen molar-refractivity contribution in [3.05, 3.63) is 73.7 Å². The van der Waals surface area contributed by atoms with Gasteiger partial charge in [0.2, 0.25) is 0 Å². The summed E-state index contributed by atoms with van der Waals surface area (Å²) in [4.78, 5) is 9.33. The average Bonchev–Trinajstić information content (AvgIpc) is 3.15. The smallest absolute Gasteiger partial charge is 0.156 e. The zero-order chi connectivity index (χ0) is 20.8. The molecule has 0 saturated heterocycles. The number of benzene rings is 2. The topological polar surface area (TPSA) is 61.5 Å². The molecule has 0 radical (unpaired) electrons. The van der Waals surface area contributed by atoms with Gasteiger partial charge < -0.3 is 9.57 Å². The summed E-state index contributed by atoms with van der Waals surface area (Å²) in [5.41, 5.74) is 1.20. The highest BCUT2D eigenvalue weighted by Gasteiger charge is 2.12. The Morgan fingerprint density at radius 1 is 0.931 bits per heavy atom. The quantitative estimate of drug-likeness (QED) is 0.217. The van der Waals surface area contributed by atoms with E-state index in [0.717, 1.165) is 0 Å². The van der Waals surface area contributed by atoms with E-state index in [1.165, 1.54) is 6.33 Å². The summed E-state index contributed by atoms with van der Waals surface area (Å²) in [6.45, 7) is 0.605. The molecule has 29 heavy (non-hydrogen) atoms. The van der Waals surface area contributed by atoms with Gasteiger partial charge in [0.1, 0.15) is 25.0 Å². The highest BCUT2D eigenvalue weighted by Crippen LogP contribution is 2.35. The molecule has 6 nitrogen and oxygen atoms in total. The second kappa shape index (κ2) is 10.4. The standard InChI is InChI=1S/C18H13Cl5N4O2/c19-11-1-2-13(14(21)5-11)17(8-27-10-24-9-25-27)26-29-4-3-28-18-15(22)6-12(20)7-16(18)23/h1-2,5-7,9-10H,3-4,8H2. The minimum absolute atomic E-state index is 0.140. The first-order valence-electron chi connectivity index (χ1n) is 8.18. The fourth-order valence-electron chi connectivity index (χ4n) is 2.33. The lowest BCUT2D eigenvalue weighted by molar-refractivity contribution is 0.107. The van der Waals surface area contributed by atoms with Gasteiger partial charge in [-0.1, -0.05) is 63.2 Å². The van der Waals surface area contributed by atoms with Crippen LogP contribution in [0.2, 0.25) is 25.1 Å². The molecule has 0 amide bonds.